The molecule has 0 radical (unpaired) electrons. The fourth-order valence-electron chi connectivity index (χ4n) is 1.52. The fraction of sp³-hybridized carbons (Fsp3) is 0.929. The number of hydrogen-bond donors (Lipinski definition) is 2. The first kappa shape index (κ1) is 22.2. The minimum atomic E-state index is 0. The molecule has 0 aromatic carbocycles. The van der Waals surface area contributed by atoms with Crippen molar-refractivity contribution in [2.45, 2.75) is 40.2 Å². The van der Waals surface area contributed by atoms with Gasteiger partial charge in [-0.2, -0.15) is 0 Å². The van der Waals surface area contributed by atoms with Gasteiger partial charge in [0.25, 0.3) is 0 Å². The second kappa shape index (κ2) is 15.3. The van der Waals surface area contributed by atoms with Crippen LogP contribution in [0.1, 0.15) is 34.1 Å². The molecular weight excluding hydrogens is 369 g/mol. The van der Waals surface area contributed by atoms with Crippen molar-refractivity contribution >= 4 is 29.9 Å². The van der Waals surface area contributed by atoms with E-state index in [1.165, 1.54) is 0 Å². The van der Waals surface area contributed by atoms with Gasteiger partial charge in [0.15, 0.2) is 5.96 Å². The molecule has 0 aromatic rings. The zero-order chi connectivity index (χ0) is 14.5. The van der Waals surface area contributed by atoms with Crippen molar-refractivity contribution in [3.63, 3.8) is 0 Å². The van der Waals surface area contributed by atoms with Crippen molar-refractivity contribution in [2.75, 3.05) is 40.0 Å². The summed E-state index contributed by atoms with van der Waals surface area (Å²) in [5.41, 5.74) is 0. The molecule has 6 heteroatoms. The third-order valence-electron chi connectivity index (χ3n) is 2.31. The van der Waals surface area contributed by atoms with Crippen molar-refractivity contribution in [3.8, 4) is 0 Å². The molecule has 1 unspecified atom stereocenters. The standard InChI is InChI=1S/C14H31N3O2.HI/c1-6-15-14(17-13(4)11-18-5)16-8-7-9-19-10-12(2)3;/h12-13H,6-11H2,1-5H3,(H2,15,16,17);1H. The average molecular weight is 401 g/mol. The maximum absolute atomic E-state index is 5.53. The largest absolute Gasteiger partial charge is 0.383 e. The van der Waals surface area contributed by atoms with Crippen LogP contribution in [0.15, 0.2) is 4.99 Å². The van der Waals surface area contributed by atoms with Crippen LogP contribution in [0.2, 0.25) is 0 Å². The van der Waals surface area contributed by atoms with Gasteiger partial charge in [-0.05, 0) is 26.2 Å². The Morgan fingerprint density at radius 2 is 1.90 bits per heavy atom. The second-order valence-corrected chi connectivity index (χ2v) is 5.08. The van der Waals surface area contributed by atoms with Gasteiger partial charge in [0.1, 0.15) is 0 Å². The van der Waals surface area contributed by atoms with E-state index in [0.717, 1.165) is 38.7 Å². The summed E-state index contributed by atoms with van der Waals surface area (Å²) in [6.07, 6.45) is 0.946. The molecule has 0 bridgehead atoms. The van der Waals surface area contributed by atoms with Gasteiger partial charge < -0.3 is 20.1 Å². The van der Waals surface area contributed by atoms with E-state index in [-0.39, 0.29) is 30.0 Å². The van der Waals surface area contributed by atoms with Gasteiger partial charge in [-0.3, -0.25) is 4.99 Å². The molecule has 0 aliphatic carbocycles. The molecule has 0 saturated carbocycles. The molecule has 122 valence electrons. The zero-order valence-electron chi connectivity index (χ0n) is 13.6. The molecule has 2 N–H and O–H groups in total. The van der Waals surface area contributed by atoms with Crippen molar-refractivity contribution in [3.05, 3.63) is 0 Å². The van der Waals surface area contributed by atoms with Gasteiger partial charge in [-0.15, -0.1) is 24.0 Å². The number of halogens is 1. The van der Waals surface area contributed by atoms with E-state index in [9.17, 15) is 0 Å². The molecule has 1 atom stereocenters. The summed E-state index contributed by atoms with van der Waals surface area (Å²) in [4.78, 5) is 4.51. The number of rotatable bonds is 10. The molecule has 0 aromatic heterocycles. The topological polar surface area (TPSA) is 54.9 Å². The Hall–Kier alpha value is -0.0800. The Labute approximate surface area is 141 Å². The van der Waals surface area contributed by atoms with E-state index in [4.69, 9.17) is 9.47 Å². The highest BCUT2D eigenvalue weighted by Crippen LogP contribution is 1.93. The van der Waals surface area contributed by atoms with Crippen LogP contribution in [0.3, 0.4) is 0 Å². The normalized spacial score (nSPS) is 13.0. The summed E-state index contributed by atoms with van der Waals surface area (Å²) in [6, 6.07) is 0.250. The van der Waals surface area contributed by atoms with Gasteiger partial charge in [-0.25, -0.2) is 0 Å². The van der Waals surface area contributed by atoms with Crippen LogP contribution >= 0.6 is 24.0 Å². The summed E-state index contributed by atoms with van der Waals surface area (Å²) >= 11 is 0. The van der Waals surface area contributed by atoms with E-state index < -0.39 is 0 Å². The molecule has 20 heavy (non-hydrogen) atoms. The fourth-order valence-corrected chi connectivity index (χ4v) is 1.52. The van der Waals surface area contributed by atoms with Crippen molar-refractivity contribution in [1.29, 1.82) is 0 Å². The van der Waals surface area contributed by atoms with Crippen molar-refractivity contribution in [1.82, 2.24) is 10.6 Å². The molecule has 0 spiro atoms. The Kier molecular flexibility index (Phi) is 17.0. The molecule has 0 rings (SSSR count). The summed E-state index contributed by atoms with van der Waals surface area (Å²) < 4.78 is 10.6. The molecule has 0 fully saturated rings. The van der Waals surface area contributed by atoms with E-state index in [0.29, 0.717) is 12.5 Å². The monoisotopic (exact) mass is 401 g/mol. The molecule has 0 heterocycles. The highest BCUT2D eigenvalue weighted by atomic mass is 127. The third kappa shape index (κ3) is 14.3. The first-order valence-corrected chi connectivity index (χ1v) is 7.21. The summed E-state index contributed by atoms with van der Waals surface area (Å²) in [5.74, 6) is 1.44. The van der Waals surface area contributed by atoms with E-state index in [1.54, 1.807) is 7.11 Å². The Morgan fingerprint density at radius 1 is 1.20 bits per heavy atom. The lowest BCUT2D eigenvalue weighted by Crippen LogP contribution is -2.44. The lowest BCUT2D eigenvalue weighted by atomic mass is 10.2. The molecule has 0 amide bonds. The quantitative estimate of drug-likeness (QED) is 0.255. The molecular formula is C14H32IN3O2. The minimum absolute atomic E-state index is 0. The van der Waals surface area contributed by atoms with Crippen LogP contribution in [-0.4, -0.2) is 52.0 Å². The highest BCUT2D eigenvalue weighted by Gasteiger charge is 2.03. The van der Waals surface area contributed by atoms with Gasteiger partial charge in [-0.1, -0.05) is 13.8 Å². The second-order valence-electron chi connectivity index (χ2n) is 5.08. The Morgan fingerprint density at radius 3 is 2.45 bits per heavy atom. The third-order valence-corrected chi connectivity index (χ3v) is 2.31. The van der Waals surface area contributed by atoms with Crippen molar-refractivity contribution < 1.29 is 9.47 Å². The highest BCUT2D eigenvalue weighted by molar-refractivity contribution is 14.0. The van der Waals surface area contributed by atoms with Crippen LogP contribution in [0.25, 0.3) is 0 Å². The number of nitrogens with one attached hydrogen (secondary N) is 2. The van der Waals surface area contributed by atoms with E-state index in [2.05, 4.69) is 43.3 Å². The number of nitrogens with zero attached hydrogens (tertiary/aromatic N) is 1. The summed E-state index contributed by atoms with van der Waals surface area (Å²) in [7, 11) is 1.70. The lowest BCUT2D eigenvalue weighted by molar-refractivity contribution is 0.109. The first-order chi connectivity index (χ1) is 9.10. The Balaban J connectivity index is 0. The maximum atomic E-state index is 5.53. The van der Waals surface area contributed by atoms with Gasteiger partial charge in [0.05, 0.1) is 6.61 Å². The van der Waals surface area contributed by atoms with Crippen LogP contribution in [0.5, 0.6) is 0 Å². The predicted molar refractivity (Wildman–Crippen MR) is 96.1 cm³/mol. The van der Waals surface area contributed by atoms with E-state index >= 15 is 0 Å². The smallest absolute Gasteiger partial charge is 0.191 e. The summed E-state index contributed by atoms with van der Waals surface area (Å²) in [5, 5.41) is 6.52. The average Bonchev–Trinajstić information content (AvgIpc) is 2.33. The van der Waals surface area contributed by atoms with Crippen LogP contribution in [0.4, 0.5) is 0 Å². The summed E-state index contributed by atoms with van der Waals surface area (Å²) in [6.45, 7) is 12.3. The Bertz CT molecular complexity index is 238. The number of hydrogen-bond acceptors (Lipinski definition) is 3. The SMILES string of the molecule is CCNC(=NCCCOCC(C)C)NC(C)COC.I. The van der Waals surface area contributed by atoms with Crippen LogP contribution in [-0.2, 0) is 9.47 Å². The van der Waals surface area contributed by atoms with Gasteiger partial charge >= 0.3 is 0 Å². The first-order valence-electron chi connectivity index (χ1n) is 7.21. The number of aliphatic imine (C=N–C) groups is 1. The maximum Gasteiger partial charge on any atom is 0.191 e. The molecule has 5 nitrogen and oxygen atoms in total. The minimum Gasteiger partial charge on any atom is -0.383 e. The van der Waals surface area contributed by atoms with Crippen molar-refractivity contribution in [2.24, 2.45) is 10.9 Å². The zero-order valence-corrected chi connectivity index (χ0v) is 15.9. The van der Waals surface area contributed by atoms with E-state index in [1.807, 2.05) is 0 Å². The predicted octanol–water partition coefficient (Wildman–Crippen LogP) is 2.26. The number of methoxy groups -OCH3 is 1. The number of guanidine groups is 1. The molecule has 0 aliphatic heterocycles. The number of ether oxygens (including phenoxy) is 2. The molecule has 0 aliphatic rings. The van der Waals surface area contributed by atoms with Gasteiger partial charge in [0.2, 0.25) is 0 Å². The van der Waals surface area contributed by atoms with Crippen LogP contribution in [0, 0.1) is 5.92 Å². The van der Waals surface area contributed by atoms with Gasteiger partial charge in [0, 0.05) is 39.5 Å². The lowest BCUT2D eigenvalue weighted by Gasteiger charge is -2.17. The molecule has 0 saturated heterocycles. The van der Waals surface area contributed by atoms with Crippen LogP contribution < -0.4 is 10.6 Å².